The van der Waals surface area contributed by atoms with Crippen LogP contribution in [0, 0.1) is 5.92 Å². The fourth-order valence-electron chi connectivity index (χ4n) is 1.70. The Bertz CT molecular complexity index is 392. The third-order valence-corrected chi connectivity index (χ3v) is 4.14. The third kappa shape index (κ3) is 7.13. The van der Waals surface area contributed by atoms with Crippen LogP contribution >= 0.6 is 11.8 Å². The summed E-state index contributed by atoms with van der Waals surface area (Å²) in [5, 5.41) is 13.9. The lowest BCUT2D eigenvalue weighted by Gasteiger charge is -2.25. The van der Waals surface area contributed by atoms with Crippen molar-refractivity contribution in [2.24, 2.45) is 11.7 Å². The first-order chi connectivity index (χ1) is 10.2. The van der Waals surface area contributed by atoms with Crippen molar-refractivity contribution >= 4 is 29.5 Å². The molecular formula is C14H27N3O4S. The summed E-state index contributed by atoms with van der Waals surface area (Å²) < 4.78 is 0. The molecule has 7 nitrogen and oxygen atoms in total. The zero-order valence-corrected chi connectivity index (χ0v) is 14.4. The van der Waals surface area contributed by atoms with Crippen LogP contribution < -0.4 is 16.4 Å². The maximum atomic E-state index is 12.2. The van der Waals surface area contributed by atoms with Gasteiger partial charge in [-0.25, -0.2) is 0 Å². The highest BCUT2D eigenvalue weighted by molar-refractivity contribution is 7.98. The number of nitrogens with two attached hydrogens (primary N) is 1. The number of rotatable bonds is 10. The number of carbonyl (C=O) groups excluding carboxylic acids is 2. The maximum Gasteiger partial charge on any atom is 0.325 e. The average molecular weight is 333 g/mol. The minimum Gasteiger partial charge on any atom is -0.480 e. The molecule has 0 bridgehead atoms. The summed E-state index contributed by atoms with van der Waals surface area (Å²) in [6, 6.07) is -2.48. The molecule has 0 aromatic rings. The summed E-state index contributed by atoms with van der Waals surface area (Å²) in [4.78, 5) is 35.1. The zero-order valence-electron chi connectivity index (χ0n) is 13.6. The van der Waals surface area contributed by atoms with Crippen LogP contribution in [-0.4, -0.2) is 53.0 Å². The number of hydrogen-bond donors (Lipinski definition) is 4. The SMILES string of the molecule is CC[C@H](C)[C@H](NC(=O)[C@@H](N)CCSC)C(=O)N[C@@H](C)C(=O)O. The van der Waals surface area contributed by atoms with Gasteiger partial charge in [0.25, 0.3) is 0 Å². The quantitative estimate of drug-likeness (QED) is 0.453. The van der Waals surface area contributed by atoms with Gasteiger partial charge in [0, 0.05) is 0 Å². The van der Waals surface area contributed by atoms with Crippen molar-refractivity contribution in [3.8, 4) is 0 Å². The molecule has 4 atom stereocenters. The van der Waals surface area contributed by atoms with Gasteiger partial charge in [-0.2, -0.15) is 11.8 Å². The number of carbonyl (C=O) groups is 3. The summed E-state index contributed by atoms with van der Waals surface area (Å²) in [6.45, 7) is 5.09. The van der Waals surface area contributed by atoms with Crippen LogP contribution in [0.4, 0.5) is 0 Å². The summed E-state index contributed by atoms with van der Waals surface area (Å²) in [7, 11) is 0. The Hall–Kier alpha value is -1.28. The first kappa shape index (κ1) is 20.7. The first-order valence-corrected chi connectivity index (χ1v) is 8.72. The third-order valence-electron chi connectivity index (χ3n) is 3.49. The number of aliphatic carboxylic acids is 1. The lowest BCUT2D eigenvalue weighted by molar-refractivity contribution is -0.142. The van der Waals surface area contributed by atoms with Crippen molar-refractivity contribution in [1.29, 1.82) is 0 Å². The second-order valence-corrected chi connectivity index (χ2v) is 6.31. The molecule has 5 N–H and O–H groups in total. The topological polar surface area (TPSA) is 122 Å². The molecule has 8 heteroatoms. The van der Waals surface area contributed by atoms with Gasteiger partial charge < -0.3 is 21.5 Å². The van der Waals surface area contributed by atoms with E-state index < -0.39 is 35.9 Å². The summed E-state index contributed by atoms with van der Waals surface area (Å²) >= 11 is 1.59. The van der Waals surface area contributed by atoms with Gasteiger partial charge in [0.2, 0.25) is 11.8 Å². The van der Waals surface area contributed by atoms with Crippen molar-refractivity contribution in [2.45, 2.75) is 51.7 Å². The van der Waals surface area contributed by atoms with Crippen LogP contribution in [0.5, 0.6) is 0 Å². The molecule has 0 aromatic heterocycles. The van der Waals surface area contributed by atoms with E-state index in [2.05, 4.69) is 10.6 Å². The molecule has 0 aliphatic carbocycles. The number of carboxylic acids is 1. The van der Waals surface area contributed by atoms with E-state index in [0.29, 0.717) is 12.8 Å². The van der Waals surface area contributed by atoms with Gasteiger partial charge in [-0.05, 0) is 31.3 Å². The molecule has 22 heavy (non-hydrogen) atoms. The molecule has 0 unspecified atom stereocenters. The Morgan fingerprint density at radius 3 is 2.23 bits per heavy atom. The van der Waals surface area contributed by atoms with Crippen LogP contribution in [0.15, 0.2) is 0 Å². The van der Waals surface area contributed by atoms with Gasteiger partial charge in [0.1, 0.15) is 12.1 Å². The van der Waals surface area contributed by atoms with Crippen molar-refractivity contribution < 1.29 is 19.5 Å². The predicted molar refractivity (Wildman–Crippen MR) is 87.6 cm³/mol. The van der Waals surface area contributed by atoms with Crippen LogP contribution in [0.25, 0.3) is 0 Å². The van der Waals surface area contributed by atoms with Crippen molar-refractivity contribution in [3.63, 3.8) is 0 Å². The number of carboxylic acid groups (broad SMARTS) is 1. The summed E-state index contributed by atoms with van der Waals surface area (Å²) in [5.41, 5.74) is 5.79. The molecule has 0 aromatic carbocycles. The molecule has 0 spiro atoms. The lowest BCUT2D eigenvalue weighted by Crippen LogP contribution is -2.56. The van der Waals surface area contributed by atoms with Crippen LogP contribution in [-0.2, 0) is 14.4 Å². The molecule has 0 fully saturated rings. The Labute approximate surface area is 135 Å². The number of thioether (sulfide) groups is 1. The van der Waals surface area contributed by atoms with Crippen molar-refractivity contribution in [2.75, 3.05) is 12.0 Å². The number of amides is 2. The Morgan fingerprint density at radius 2 is 1.77 bits per heavy atom. The van der Waals surface area contributed by atoms with Gasteiger partial charge in [-0.1, -0.05) is 20.3 Å². The lowest BCUT2D eigenvalue weighted by atomic mass is 9.97. The van der Waals surface area contributed by atoms with E-state index in [0.717, 1.165) is 5.75 Å². The minimum absolute atomic E-state index is 0.127. The molecule has 0 heterocycles. The van der Waals surface area contributed by atoms with Gasteiger partial charge in [-0.3, -0.25) is 14.4 Å². The normalized spacial score (nSPS) is 16.2. The summed E-state index contributed by atoms with van der Waals surface area (Å²) in [6.07, 6.45) is 3.11. The largest absolute Gasteiger partial charge is 0.480 e. The van der Waals surface area contributed by atoms with E-state index in [1.54, 1.807) is 11.8 Å². The molecule has 0 saturated heterocycles. The molecule has 0 saturated carbocycles. The zero-order chi connectivity index (χ0) is 17.3. The monoisotopic (exact) mass is 333 g/mol. The first-order valence-electron chi connectivity index (χ1n) is 7.32. The standard InChI is InChI=1S/C14H27N3O4S/c1-5-8(2)11(13(19)16-9(3)14(20)21)17-12(18)10(15)6-7-22-4/h8-11H,5-7,15H2,1-4H3,(H,16,19)(H,17,18)(H,20,21)/t8-,9-,10-,11-/m0/s1. The smallest absolute Gasteiger partial charge is 0.325 e. The van der Waals surface area contributed by atoms with Crippen LogP contribution in [0.2, 0.25) is 0 Å². The Balaban J connectivity index is 4.80. The molecular weight excluding hydrogens is 306 g/mol. The molecule has 128 valence electrons. The fraction of sp³-hybridized carbons (Fsp3) is 0.786. The molecule has 0 aliphatic rings. The maximum absolute atomic E-state index is 12.2. The fourth-order valence-corrected chi connectivity index (χ4v) is 2.19. The van der Waals surface area contributed by atoms with E-state index >= 15 is 0 Å². The molecule has 0 rings (SSSR count). The van der Waals surface area contributed by atoms with E-state index in [4.69, 9.17) is 10.8 Å². The van der Waals surface area contributed by atoms with E-state index in [9.17, 15) is 14.4 Å². The van der Waals surface area contributed by atoms with Gasteiger partial charge >= 0.3 is 5.97 Å². The average Bonchev–Trinajstić information content (AvgIpc) is 2.48. The van der Waals surface area contributed by atoms with Crippen molar-refractivity contribution in [1.82, 2.24) is 10.6 Å². The van der Waals surface area contributed by atoms with Crippen LogP contribution in [0.1, 0.15) is 33.6 Å². The molecule has 0 radical (unpaired) electrons. The Morgan fingerprint density at radius 1 is 1.18 bits per heavy atom. The van der Waals surface area contributed by atoms with E-state index in [-0.39, 0.29) is 5.92 Å². The Kier molecular flexibility index (Phi) is 9.84. The van der Waals surface area contributed by atoms with Crippen LogP contribution in [0.3, 0.4) is 0 Å². The van der Waals surface area contributed by atoms with E-state index in [1.807, 2.05) is 20.1 Å². The highest BCUT2D eigenvalue weighted by Gasteiger charge is 2.29. The predicted octanol–water partition coefficient (Wildman–Crippen LogP) is 0.187. The molecule has 2 amide bonds. The van der Waals surface area contributed by atoms with Crippen molar-refractivity contribution in [3.05, 3.63) is 0 Å². The second kappa shape index (κ2) is 10.4. The highest BCUT2D eigenvalue weighted by Crippen LogP contribution is 2.09. The summed E-state index contributed by atoms with van der Waals surface area (Å²) in [5.74, 6) is -1.39. The van der Waals surface area contributed by atoms with Gasteiger partial charge in [-0.15, -0.1) is 0 Å². The minimum atomic E-state index is -1.13. The number of hydrogen-bond acceptors (Lipinski definition) is 5. The van der Waals surface area contributed by atoms with Gasteiger partial charge in [0.15, 0.2) is 0 Å². The van der Waals surface area contributed by atoms with E-state index in [1.165, 1.54) is 6.92 Å². The number of nitrogens with one attached hydrogen (secondary N) is 2. The van der Waals surface area contributed by atoms with Gasteiger partial charge in [0.05, 0.1) is 6.04 Å². The highest BCUT2D eigenvalue weighted by atomic mass is 32.2. The molecule has 0 aliphatic heterocycles. The second-order valence-electron chi connectivity index (χ2n) is 5.33.